The van der Waals surface area contributed by atoms with Crippen molar-refractivity contribution in [3.8, 4) is 16.2 Å². The summed E-state index contributed by atoms with van der Waals surface area (Å²) in [6, 6.07) is 18.5. The minimum Gasteiger partial charge on any atom is -0.497 e. The smallest absolute Gasteiger partial charge is 0.118 e. The lowest BCUT2D eigenvalue weighted by Crippen LogP contribution is -2.03. The van der Waals surface area contributed by atoms with Gasteiger partial charge >= 0.3 is 0 Å². The highest BCUT2D eigenvalue weighted by atomic mass is 32.2. The highest BCUT2D eigenvalue weighted by Gasteiger charge is 2.09. The predicted octanol–water partition coefficient (Wildman–Crippen LogP) is 6.22. The van der Waals surface area contributed by atoms with Gasteiger partial charge in [-0.15, -0.1) is 11.3 Å². The van der Waals surface area contributed by atoms with Gasteiger partial charge in [0.2, 0.25) is 0 Å². The van der Waals surface area contributed by atoms with Gasteiger partial charge in [0.1, 0.15) is 5.75 Å². The second-order valence-corrected chi connectivity index (χ2v) is 7.22. The van der Waals surface area contributed by atoms with Gasteiger partial charge in [0.15, 0.2) is 0 Å². The van der Waals surface area contributed by atoms with Crippen LogP contribution in [0.1, 0.15) is 18.9 Å². The number of thiophene rings is 1. The van der Waals surface area contributed by atoms with E-state index in [1.54, 1.807) is 18.4 Å². The van der Waals surface area contributed by atoms with Crippen LogP contribution in [0.15, 0.2) is 66.1 Å². The Hall–Kier alpha value is -2.41. The molecule has 0 aliphatic carbocycles. The normalized spacial score (nSPS) is 11.3. The second-order valence-electron chi connectivity index (χ2n) is 5.84. The summed E-state index contributed by atoms with van der Waals surface area (Å²) in [5.41, 5.74) is 5.25. The lowest BCUT2D eigenvalue weighted by Gasteiger charge is -2.17. The highest BCUT2D eigenvalue weighted by Crippen LogP contribution is 2.34. The van der Waals surface area contributed by atoms with Gasteiger partial charge in [-0.05, 0) is 65.4 Å². The molecule has 27 heavy (non-hydrogen) atoms. The zero-order chi connectivity index (χ0) is 19.1. The van der Waals surface area contributed by atoms with Crippen LogP contribution in [0.2, 0.25) is 0 Å². The molecule has 0 aliphatic rings. The summed E-state index contributed by atoms with van der Waals surface area (Å²) in [6.45, 7) is 2.13. The van der Waals surface area contributed by atoms with Crippen LogP contribution in [-0.2, 0) is 0 Å². The topological polar surface area (TPSA) is 59.3 Å². The van der Waals surface area contributed by atoms with E-state index >= 15 is 0 Å². The Bertz CT molecular complexity index is 890. The first kappa shape index (κ1) is 19.4. The van der Waals surface area contributed by atoms with Crippen molar-refractivity contribution in [3.05, 3.63) is 71.6 Å². The molecule has 0 amide bonds. The van der Waals surface area contributed by atoms with E-state index < -0.39 is 0 Å². The number of hydrogen-bond acceptors (Lipinski definition) is 6. The van der Waals surface area contributed by atoms with Crippen molar-refractivity contribution in [3.63, 3.8) is 0 Å². The van der Waals surface area contributed by atoms with E-state index in [0.29, 0.717) is 0 Å². The van der Waals surface area contributed by atoms with Gasteiger partial charge in [-0.25, -0.2) is 0 Å². The number of allylic oxidation sites excluding steroid dienone is 1. The average Bonchev–Trinajstić information content (AvgIpc) is 3.24. The van der Waals surface area contributed by atoms with Crippen molar-refractivity contribution in [1.82, 2.24) is 0 Å². The molecule has 0 saturated heterocycles. The number of nitrogens with one attached hydrogen (secondary N) is 2. The molecular weight excluding hydrogens is 374 g/mol. The standard InChI is InChI=1S/C21H23N3OS2/c1-3-5-18(15-7-10-17(25-2)11-8-15)23-20-14-16(21-6-4-13-26-21)9-12-19(20)24-27-22/h4-14,23-24H,3,22H2,1-2H3/b18-5+. The molecule has 3 aromatic rings. The van der Waals surface area contributed by atoms with Crippen LogP contribution in [0.5, 0.6) is 5.75 Å². The van der Waals surface area contributed by atoms with Gasteiger partial charge < -0.3 is 14.8 Å². The number of hydrogen-bond donors (Lipinski definition) is 3. The molecular formula is C21H23N3OS2. The molecule has 6 heteroatoms. The fourth-order valence-corrected chi connectivity index (χ4v) is 3.79. The summed E-state index contributed by atoms with van der Waals surface area (Å²) in [7, 11) is 1.68. The average molecular weight is 398 g/mol. The molecule has 0 bridgehead atoms. The fraction of sp³-hybridized carbons (Fsp3) is 0.143. The summed E-state index contributed by atoms with van der Waals surface area (Å²) in [5, 5.41) is 11.3. The van der Waals surface area contributed by atoms with Crippen LogP contribution < -0.4 is 19.9 Å². The van der Waals surface area contributed by atoms with E-state index in [1.807, 2.05) is 12.1 Å². The Morgan fingerprint density at radius 3 is 2.59 bits per heavy atom. The summed E-state index contributed by atoms with van der Waals surface area (Å²) < 4.78 is 8.42. The fourth-order valence-electron chi connectivity index (χ4n) is 2.76. The summed E-state index contributed by atoms with van der Waals surface area (Å²) in [4.78, 5) is 1.23. The van der Waals surface area contributed by atoms with Gasteiger partial charge in [-0.2, -0.15) is 0 Å². The molecule has 4 nitrogen and oxygen atoms in total. The zero-order valence-corrected chi connectivity index (χ0v) is 17.0. The van der Waals surface area contributed by atoms with E-state index in [2.05, 4.69) is 70.9 Å². The van der Waals surface area contributed by atoms with E-state index in [1.165, 1.54) is 10.4 Å². The molecule has 1 heterocycles. The zero-order valence-electron chi connectivity index (χ0n) is 15.4. The third-order valence-electron chi connectivity index (χ3n) is 4.07. The Balaban J connectivity index is 1.96. The first-order valence-corrected chi connectivity index (χ1v) is 10.4. The molecule has 2 aromatic carbocycles. The molecule has 0 saturated carbocycles. The van der Waals surface area contributed by atoms with Crippen LogP contribution in [-0.4, -0.2) is 7.11 Å². The first-order valence-electron chi connectivity index (χ1n) is 8.66. The van der Waals surface area contributed by atoms with Crippen LogP contribution in [0.4, 0.5) is 11.4 Å². The third-order valence-corrected chi connectivity index (χ3v) is 5.33. The first-order chi connectivity index (χ1) is 13.2. The maximum atomic E-state index is 5.65. The largest absolute Gasteiger partial charge is 0.497 e. The number of methoxy groups -OCH3 is 1. The van der Waals surface area contributed by atoms with Crippen molar-refractivity contribution in [2.24, 2.45) is 5.14 Å². The molecule has 0 atom stereocenters. The SMILES string of the molecule is CC/C=C(/Nc1cc(-c2cccs2)ccc1NSN)c1ccc(OC)cc1. The minimum absolute atomic E-state index is 0.844. The monoisotopic (exact) mass is 397 g/mol. The molecule has 4 N–H and O–H groups in total. The molecule has 0 fully saturated rings. The predicted molar refractivity (Wildman–Crippen MR) is 120 cm³/mol. The minimum atomic E-state index is 0.844. The van der Waals surface area contributed by atoms with Gasteiger partial charge in [0.05, 0.1) is 18.5 Å². The van der Waals surface area contributed by atoms with E-state index in [0.717, 1.165) is 46.9 Å². The maximum Gasteiger partial charge on any atom is 0.118 e. The van der Waals surface area contributed by atoms with Gasteiger partial charge in [0, 0.05) is 22.7 Å². The van der Waals surface area contributed by atoms with Crippen LogP contribution in [0, 0.1) is 0 Å². The van der Waals surface area contributed by atoms with Crippen LogP contribution >= 0.6 is 23.5 Å². The number of benzene rings is 2. The van der Waals surface area contributed by atoms with Crippen molar-refractivity contribution in [2.75, 3.05) is 17.1 Å². The van der Waals surface area contributed by atoms with Crippen molar-refractivity contribution < 1.29 is 4.74 Å². The molecule has 0 aliphatic heterocycles. The Morgan fingerprint density at radius 1 is 1.15 bits per heavy atom. The summed E-state index contributed by atoms with van der Waals surface area (Å²) in [6.07, 6.45) is 3.10. The number of rotatable bonds is 8. The van der Waals surface area contributed by atoms with Gasteiger partial charge in [-0.3, -0.25) is 5.14 Å². The molecule has 0 spiro atoms. The lowest BCUT2D eigenvalue weighted by atomic mass is 10.1. The van der Waals surface area contributed by atoms with Gasteiger partial charge in [0.25, 0.3) is 0 Å². The van der Waals surface area contributed by atoms with E-state index in [4.69, 9.17) is 9.88 Å². The number of nitrogens with two attached hydrogens (primary N) is 1. The van der Waals surface area contributed by atoms with E-state index in [9.17, 15) is 0 Å². The lowest BCUT2D eigenvalue weighted by molar-refractivity contribution is 0.415. The quantitative estimate of drug-likeness (QED) is 0.394. The van der Waals surface area contributed by atoms with E-state index in [-0.39, 0.29) is 0 Å². The highest BCUT2D eigenvalue weighted by molar-refractivity contribution is 7.98. The summed E-state index contributed by atoms with van der Waals surface area (Å²) in [5.74, 6) is 0.844. The Kier molecular flexibility index (Phi) is 6.81. The van der Waals surface area contributed by atoms with Gasteiger partial charge in [-0.1, -0.05) is 25.1 Å². The number of ether oxygens (including phenoxy) is 1. The second kappa shape index (κ2) is 9.50. The Morgan fingerprint density at radius 2 is 1.96 bits per heavy atom. The number of anilines is 2. The molecule has 1 aromatic heterocycles. The molecule has 140 valence electrons. The van der Waals surface area contributed by atoms with Crippen molar-refractivity contribution in [2.45, 2.75) is 13.3 Å². The maximum absolute atomic E-state index is 5.65. The Labute approximate surface area is 168 Å². The van der Waals surface area contributed by atoms with Crippen LogP contribution in [0.3, 0.4) is 0 Å². The molecule has 0 radical (unpaired) electrons. The van der Waals surface area contributed by atoms with Crippen LogP contribution in [0.25, 0.3) is 16.1 Å². The van der Waals surface area contributed by atoms with Crippen molar-refractivity contribution in [1.29, 1.82) is 0 Å². The summed E-state index contributed by atoms with van der Waals surface area (Å²) >= 11 is 2.82. The molecule has 3 rings (SSSR count). The third kappa shape index (κ3) is 4.86. The molecule has 0 unspecified atom stereocenters. The van der Waals surface area contributed by atoms with Crippen molar-refractivity contribution >= 4 is 40.5 Å².